The Hall–Kier alpha value is -2.67. The number of amides is 1. The van der Waals surface area contributed by atoms with Crippen LogP contribution in [0.25, 0.3) is 0 Å². The van der Waals surface area contributed by atoms with Gasteiger partial charge in [-0.25, -0.2) is 9.97 Å². The van der Waals surface area contributed by atoms with Gasteiger partial charge in [-0.05, 0) is 44.0 Å². The molecule has 2 aliphatic heterocycles. The van der Waals surface area contributed by atoms with E-state index in [0.717, 1.165) is 73.8 Å². The average molecular weight is 439 g/mol. The van der Waals surface area contributed by atoms with Crippen LogP contribution in [0.3, 0.4) is 0 Å². The predicted molar refractivity (Wildman–Crippen MR) is 123 cm³/mol. The second kappa shape index (κ2) is 10.3. The maximum Gasteiger partial charge on any atom is 0.219 e. The Morgan fingerprint density at radius 3 is 2.78 bits per heavy atom. The minimum absolute atomic E-state index is 0.0282. The highest BCUT2D eigenvalue weighted by Gasteiger charge is 2.33. The van der Waals surface area contributed by atoms with Crippen LogP contribution in [0.15, 0.2) is 30.6 Å². The number of carbonyl (C=O) groups excluding carboxylic acids is 1. The van der Waals surface area contributed by atoms with Crippen LogP contribution in [0, 0.1) is 5.92 Å². The van der Waals surface area contributed by atoms with E-state index in [1.165, 1.54) is 0 Å². The third kappa shape index (κ3) is 5.38. The smallest absolute Gasteiger partial charge is 0.219 e. The second-order valence-corrected chi connectivity index (χ2v) is 8.92. The van der Waals surface area contributed by atoms with E-state index in [2.05, 4.69) is 21.8 Å². The Morgan fingerprint density at radius 1 is 1.25 bits per heavy atom. The molecule has 1 aromatic heterocycles. The molecule has 2 aliphatic rings. The van der Waals surface area contributed by atoms with Crippen molar-refractivity contribution in [2.24, 2.45) is 5.92 Å². The number of rotatable bonds is 6. The van der Waals surface area contributed by atoms with Gasteiger partial charge in [-0.15, -0.1) is 0 Å². The van der Waals surface area contributed by atoms with Crippen molar-refractivity contribution in [1.82, 2.24) is 19.8 Å². The van der Waals surface area contributed by atoms with Gasteiger partial charge in [-0.1, -0.05) is 6.92 Å². The minimum atomic E-state index is -0.0282. The molecule has 2 aromatic rings. The molecule has 1 saturated heterocycles. The molecule has 1 amide bonds. The normalized spacial score (nSPS) is 21.4. The first-order valence-corrected chi connectivity index (χ1v) is 11.7. The maximum absolute atomic E-state index is 12.3. The summed E-state index contributed by atoms with van der Waals surface area (Å²) in [4.78, 5) is 25.7. The fourth-order valence-corrected chi connectivity index (χ4v) is 4.71. The van der Waals surface area contributed by atoms with Crippen LogP contribution in [0.2, 0.25) is 0 Å². The van der Waals surface area contributed by atoms with Crippen molar-refractivity contribution in [3.8, 4) is 11.5 Å². The maximum atomic E-state index is 12.3. The van der Waals surface area contributed by atoms with Crippen LogP contribution in [0.5, 0.6) is 11.5 Å². The largest absolute Gasteiger partial charge is 0.497 e. The topological polar surface area (TPSA) is 67.8 Å². The average Bonchev–Trinajstić information content (AvgIpc) is 3.00. The summed E-state index contributed by atoms with van der Waals surface area (Å²) in [7, 11) is 1.66. The van der Waals surface area contributed by atoms with Crippen LogP contribution in [0.4, 0.5) is 0 Å². The zero-order chi connectivity index (χ0) is 22.5. The van der Waals surface area contributed by atoms with Gasteiger partial charge in [0.1, 0.15) is 23.4 Å². The molecule has 2 atom stereocenters. The van der Waals surface area contributed by atoms with E-state index in [0.29, 0.717) is 19.0 Å². The monoisotopic (exact) mass is 438 g/mol. The molecule has 1 fully saturated rings. The number of ether oxygens (including phenoxy) is 2. The van der Waals surface area contributed by atoms with Crippen molar-refractivity contribution in [3.63, 3.8) is 0 Å². The molecule has 3 heterocycles. The van der Waals surface area contributed by atoms with Crippen LogP contribution in [0.1, 0.15) is 50.1 Å². The summed E-state index contributed by atoms with van der Waals surface area (Å²) in [6.45, 7) is 7.79. The molecule has 7 nitrogen and oxygen atoms in total. The fraction of sp³-hybridized carbons (Fsp3) is 0.560. The third-order valence-electron chi connectivity index (χ3n) is 6.46. The Labute approximate surface area is 190 Å². The van der Waals surface area contributed by atoms with Gasteiger partial charge in [0.2, 0.25) is 5.91 Å². The first-order chi connectivity index (χ1) is 15.6. The molecular formula is C25H34N4O3. The summed E-state index contributed by atoms with van der Waals surface area (Å²) in [6, 6.07) is 5.87. The SMILES string of the molecule is CCCc1ncc(CN2CCCC(C3CN(C(C)=O)Cc4cc(OC)ccc4O3)C2)cn1. The Balaban J connectivity index is 1.46. The van der Waals surface area contributed by atoms with E-state index < -0.39 is 0 Å². The molecule has 0 bridgehead atoms. The summed E-state index contributed by atoms with van der Waals surface area (Å²) >= 11 is 0. The number of aromatic nitrogens is 2. The van der Waals surface area contributed by atoms with Crippen molar-refractivity contribution in [1.29, 1.82) is 0 Å². The van der Waals surface area contributed by atoms with E-state index in [1.807, 2.05) is 35.5 Å². The van der Waals surface area contributed by atoms with Crippen molar-refractivity contribution >= 4 is 5.91 Å². The van der Waals surface area contributed by atoms with Gasteiger partial charge in [0, 0.05) is 62.4 Å². The number of likely N-dealkylation sites (tertiary alicyclic amines) is 1. The van der Waals surface area contributed by atoms with Crippen molar-refractivity contribution in [3.05, 3.63) is 47.5 Å². The lowest BCUT2D eigenvalue weighted by molar-refractivity contribution is -0.130. The van der Waals surface area contributed by atoms with Crippen molar-refractivity contribution < 1.29 is 14.3 Å². The number of benzene rings is 1. The van der Waals surface area contributed by atoms with Crippen LogP contribution in [-0.4, -0.2) is 58.5 Å². The Kier molecular flexibility index (Phi) is 7.25. The third-order valence-corrected chi connectivity index (χ3v) is 6.46. The van der Waals surface area contributed by atoms with E-state index in [9.17, 15) is 4.79 Å². The number of hydrogen-bond donors (Lipinski definition) is 0. The second-order valence-electron chi connectivity index (χ2n) is 8.92. The zero-order valence-corrected chi connectivity index (χ0v) is 19.4. The molecule has 0 N–H and O–H groups in total. The number of methoxy groups -OCH3 is 1. The van der Waals surface area contributed by atoms with Crippen molar-refractivity contribution in [2.45, 2.75) is 58.7 Å². The highest BCUT2D eigenvalue weighted by atomic mass is 16.5. The Bertz CT molecular complexity index is 918. The zero-order valence-electron chi connectivity index (χ0n) is 19.4. The van der Waals surface area contributed by atoms with Crippen molar-refractivity contribution in [2.75, 3.05) is 26.7 Å². The number of hydrogen-bond acceptors (Lipinski definition) is 6. The van der Waals surface area contributed by atoms with Gasteiger partial charge >= 0.3 is 0 Å². The number of carbonyl (C=O) groups is 1. The standard InChI is InChI=1S/C25H34N4O3/c1-4-6-25-26-12-19(13-27-25)14-28-10-5-7-20(15-28)24-17-29(18(2)30)16-21-11-22(31-3)8-9-23(21)32-24/h8-9,11-13,20,24H,4-7,10,14-17H2,1-3H3. The first-order valence-electron chi connectivity index (χ1n) is 11.7. The molecule has 0 aliphatic carbocycles. The predicted octanol–water partition coefficient (Wildman–Crippen LogP) is 3.46. The van der Waals surface area contributed by atoms with Gasteiger partial charge in [0.05, 0.1) is 13.7 Å². The molecule has 0 spiro atoms. The fourth-order valence-electron chi connectivity index (χ4n) is 4.71. The summed E-state index contributed by atoms with van der Waals surface area (Å²) < 4.78 is 11.9. The van der Waals surface area contributed by atoms with Gasteiger partial charge in [0.25, 0.3) is 0 Å². The lowest BCUT2D eigenvalue weighted by Crippen LogP contribution is -2.46. The van der Waals surface area contributed by atoms with Crippen LogP contribution < -0.4 is 9.47 Å². The first kappa shape index (κ1) is 22.5. The molecule has 7 heteroatoms. The number of piperidine rings is 1. The molecular weight excluding hydrogens is 404 g/mol. The van der Waals surface area contributed by atoms with Gasteiger partial charge < -0.3 is 14.4 Å². The van der Waals surface area contributed by atoms with E-state index in [4.69, 9.17) is 9.47 Å². The van der Waals surface area contributed by atoms with E-state index in [-0.39, 0.29) is 12.0 Å². The Morgan fingerprint density at radius 2 is 2.06 bits per heavy atom. The lowest BCUT2D eigenvalue weighted by Gasteiger charge is -2.37. The minimum Gasteiger partial charge on any atom is -0.497 e. The quantitative estimate of drug-likeness (QED) is 0.688. The van der Waals surface area contributed by atoms with Gasteiger partial charge in [0.15, 0.2) is 0 Å². The number of aryl methyl sites for hydroxylation is 1. The van der Waals surface area contributed by atoms with Crippen LogP contribution in [-0.2, 0) is 24.3 Å². The summed E-state index contributed by atoms with van der Waals surface area (Å²) in [6.07, 6.45) is 8.10. The molecule has 0 radical (unpaired) electrons. The molecule has 2 unspecified atom stereocenters. The van der Waals surface area contributed by atoms with Gasteiger partial charge in [-0.3, -0.25) is 9.69 Å². The molecule has 1 aromatic carbocycles. The molecule has 4 rings (SSSR count). The molecule has 0 saturated carbocycles. The molecule has 32 heavy (non-hydrogen) atoms. The summed E-state index contributed by atoms with van der Waals surface area (Å²) in [5, 5.41) is 0. The van der Waals surface area contributed by atoms with Crippen LogP contribution >= 0.6 is 0 Å². The van der Waals surface area contributed by atoms with Gasteiger partial charge in [-0.2, -0.15) is 0 Å². The van der Waals surface area contributed by atoms with E-state index in [1.54, 1.807) is 14.0 Å². The lowest BCUT2D eigenvalue weighted by atomic mass is 9.91. The molecule has 172 valence electrons. The number of fused-ring (bicyclic) bond motifs is 1. The number of nitrogens with zero attached hydrogens (tertiary/aromatic N) is 4. The summed E-state index contributed by atoms with van der Waals surface area (Å²) in [5.41, 5.74) is 2.15. The highest BCUT2D eigenvalue weighted by molar-refractivity contribution is 5.73. The van der Waals surface area contributed by atoms with E-state index >= 15 is 0 Å². The highest BCUT2D eigenvalue weighted by Crippen LogP contribution is 2.33. The summed E-state index contributed by atoms with van der Waals surface area (Å²) in [5.74, 6) is 2.99.